The Labute approximate surface area is 156 Å². The Balaban J connectivity index is 1.88. The molecule has 1 amide bonds. The van der Waals surface area contributed by atoms with Crippen LogP contribution >= 0.6 is 0 Å². The molecule has 2 nitrogen and oxygen atoms in total. The number of allylic oxidation sites excluding steroid dienone is 3. The SMILES string of the molecule is CC(C)CNC(=O)/C=C/C1=C(Cc2ccccc2)c2ccccc2CC1. The van der Waals surface area contributed by atoms with E-state index in [2.05, 4.69) is 67.7 Å². The molecule has 0 fully saturated rings. The Morgan fingerprint density at radius 1 is 1.04 bits per heavy atom. The topological polar surface area (TPSA) is 29.1 Å². The van der Waals surface area contributed by atoms with E-state index in [4.69, 9.17) is 0 Å². The predicted octanol–water partition coefficient (Wildman–Crippen LogP) is 4.96. The van der Waals surface area contributed by atoms with E-state index in [1.165, 1.54) is 27.8 Å². The molecule has 0 bridgehead atoms. The Bertz CT molecular complexity index is 815. The molecule has 0 saturated carbocycles. The van der Waals surface area contributed by atoms with Crippen LogP contribution in [0.3, 0.4) is 0 Å². The van der Waals surface area contributed by atoms with Crippen LogP contribution in [-0.2, 0) is 17.6 Å². The number of carbonyl (C=O) groups excluding carboxylic acids is 1. The fourth-order valence-electron chi connectivity index (χ4n) is 3.36. The molecule has 0 aromatic heterocycles. The summed E-state index contributed by atoms with van der Waals surface area (Å²) in [6.45, 7) is 4.91. The van der Waals surface area contributed by atoms with E-state index in [0.29, 0.717) is 12.5 Å². The van der Waals surface area contributed by atoms with E-state index in [1.807, 2.05) is 12.1 Å². The first-order valence-corrected chi connectivity index (χ1v) is 9.43. The zero-order chi connectivity index (χ0) is 18.4. The van der Waals surface area contributed by atoms with Crippen LogP contribution in [0.5, 0.6) is 0 Å². The van der Waals surface area contributed by atoms with Crippen LogP contribution in [0.25, 0.3) is 5.57 Å². The third kappa shape index (κ3) is 4.72. The van der Waals surface area contributed by atoms with Gasteiger partial charge in [0.2, 0.25) is 5.91 Å². The highest BCUT2D eigenvalue weighted by Crippen LogP contribution is 2.34. The molecule has 0 radical (unpaired) electrons. The van der Waals surface area contributed by atoms with Gasteiger partial charge in [0.1, 0.15) is 0 Å². The van der Waals surface area contributed by atoms with E-state index >= 15 is 0 Å². The molecule has 2 aromatic rings. The highest BCUT2D eigenvalue weighted by atomic mass is 16.1. The fourth-order valence-corrected chi connectivity index (χ4v) is 3.36. The molecule has 0 atom stereocenters. The van der Waals surface area contributed by atoms with Crippen molar-refractivity contribution in [1.82, 2.24) is 5.32 Å². The van der Waals surface area contributed by atoms with E-state index in [0.717, 1.165) is 19.3 Å². The largest absolute Gasteiger partial charge is 0.352 e. The first-order chi connectivity index (χ1) is 12.6. The van der Waals surface area contributed by atoms with Crippen molar-refractivity contribution in [2.24, 2.45) is 5.92 Å². The van der Waals surface area contributed by atoms with Gasteiger partial charge < -0.3 is 5.32 Å². The van der Waals surface area contributed by atoms with Crippen LogP contribution in [0.15, 0.2) is 72.3 Å². The summed E-state index contributed by atoms with van der Waals surface area (Å²) in [5, 5.41) is 2.96. The van der Waals surface area contributed by atoms with Gasteiger partial charge in [-0.2, -0.15) is 0 Å². The lowest BCUT2D eigenvalue weighted by Crippen LogP contribution is -2.25. The van der Waals surface area contributed by atoms with Crippen molar-refractivity contribution in [3.63, 3.8) is 0 Å². The van der Waals surface area contributed by atoms with E-state index < -0.39 is 0 Å². The van der Waals surface area contributed by atoms with Crippen molar-refractivity contribution in [1.29, 1.82) is 0 Å². The molecule has 2 aromatic carbocycles. The summed E-state index contributed by atoms with van der Waals surface area (Å²) in [4.78, 5) is 12.1. The summed E-state index contributed by atoms with van der Waals surface area (Å²) in [7, 11) is 0. The van der Waals surface area contributed by atoms with Crippen LogP contribution in [0.2, 0.25) is 0 Å². The summed E-state index contributed by atoms with van der Waals surface area (Å²) in [6, 6.07) is 19.2. The second-order valence-corrected chi connectivity index (χ2v) is 7.30. The first-order valence-electron chi connectivity index (χ1n) is 9.43. The van der Waals surface area contributed by atoms with Gasteiger partial charge in [0, 0.05) is 12.6 Å². The first kappa shape index (κ1) is 18.2. The number of carbonyl (C=O) groups is 1. The number of hydrogen-bond donors (Lipinski definition) is 1. The molecule has 3 rings (SSSR count). The molecule has 0 aliphatic heterocycles. The van der Waals surface area contributed by atoms with Crippen LogP contribution in [-0.4, -0.2) is 12.5 Å². The molecule has 1 aliphatic rings. The van der Waals surface area contributed by atoms with Crippen molar-refractivity contribution >= 4 is 11.5 Å². The number of nitrogens with one attached hydrogen (secondary N) is 1. The fraction of sp³-hybridized carbons (Fsp3) is 0.292. The van der Waals surface area contributed by atoms with Crippen molar-refractivity contribution < 1.29 is 4.79 Å². The third-order valence-corrected chi connectivity index (χ3v) is 4.74. The van der Waals surface area contributed by atoms with Crippen molar-refractivity contribution in [2.45, 2.75) is 33.1 Å². The highest BCUT2D eigenvalue weighted by Gasteiger charge is 2.17. The minimum atomic E-state index is -0.0101. The average molecular weight is 345 g/mol. The van der Waals surface area contributed by atoms with E-state index in [1.54, 1.807) is 6.08 Å². The Hall–Kier alpha value is -2.61. The Morgan fingerprint density at radius 3 is 2.54 bits per heavy atom. The molecule has 0 heterocycles. The molecular formula is C24H27NO. The zero-order valence-corrected chi connectivity index (χ0v) is 15.7. The Morgan fingerprint density at radius 2 is 1.77 bits per heavy atom. The van der Waals surface area contributed by atoms with Crippen molar-refractivity contribution in [2.75, 3.05) is 6.54 Å². The molecule has 2 heteroatoms. The lowest BCUT2D eigenvalue weighted by atomic mass is 9.82. The molecule has 0 unspecified atom stereocenters. The minimum absolute atomic E-state index is 0.0101. The summed E-state index contributed by atoms with van der Waals surface area (Å²) in [6.07, 6.45) is 6.61. The molecule has 0 spiro atoms. The highest BCUT2D eigenvalue weighted by molar-refractivity contribution is 5.89. The van der Waals surface area contributed by atoms with Gasteiger partial charge >= 0.3 is 0 Å². The van der Waals surface area contributed by atoms with Gasteiger partial charge in [0.15, 0.2) is 0 Å². The number of amides is 1. The van der Waals surface area contributed by atoms with Gasteiger partial charge in [-0.25, -0.2) is 0 Å². The predicted molar refractivity (Wildman–Crippen MR) is 109 cm³/mol. The number of rotatable bonds is 6. The molecule has 1 N–H and O–H groups in total. The molecular weight excluding hydrogens is 318 g/mol. The van der Waals surface area contributed by atoms with Crippen LogP contribution in [0.4, 0.5) is 0 Å². The van der Waals surface area contributed by atoms with Crippen molar-refractivity contribution in [3.05, 3.63) is 89.0 Å². The number of hydrogen-bond acceptors (Lipinski definition) is 1. The van der Waals surface area contributed by atoms with Gasteiger partial charge in [-0.15, -0.1) is 0 Å². The smallest absolute Gasteiger partial charge is 0.243 e. The van der Waals surface area contributed by atoms with Gasteiger partial charge in [-0.05, 0) is 53.0 Å². The normalized spacial score (nSPS) is 14.0. The average Bonchev–Trinajstić information content (AvgIpc) is 2.66. The third-order valence-electron chi connectivity index (χ3n) is 4.74. The monoisotopic (exact) mass is 345 g/mol. The summed E-state index contributed by atoms with van der Waals surface area (Å²) < 4.78 is 0. The van der Waals surface area contributed by atoms with Gasteiger partial charge in [0.05, 0.1) is 0 Å². The lowest BCUT2D eigenvalue weighted by Gasteiger charge is -2.22. The summed E-state index contributed by atoms with van der Waals surface area (Å²) in [5.41, 5.74) is 6.64. The lowest BCUT2D eigenvalue weighted by molar-refractivity contribution is -0.116. The van der Waals surface area contributed by atoms with Crippen LogP contribution in [0, 0.1) is 5.92 Å². The maximum atomic E-state index is 12.1. The number of aryl methyl sites for hydroxylation is 1. The van der Waals surface area contributed by atoms with E-state index in [9.17, 15) is 4.79 Å². The molecule has 1 aliphatic carbocycles. The molecule has 134 valence electrons. The Kier molecular flexibility index (Phi) is 6.06. The second-order valence-electron chi connectivity index (χ2n) is 7.30. The quantitative estimate of drug-likeness (QED) is 0.737. The second kappa shape index (κ2) is 8.66. The van der Waals surface area contributed by atoms with Crippen molar-refractivity contribution in [3.8, 4) is 0 Å². The van der Waals surface area contributed by atoms with Gasteiger partial charge in [0.25, 0.3) is 0 Å². The van der Waals surface area contributed by atoms with E-state index in [-0.39, 0.29) is 5.91 Å². The maximum Gasteiger partial charge on any atom is 0.243 e. The summed E-state index contributed by atoms with van der Waals surface area (Å²) >= 11 is 0. The summed E-state index contributed by atoms with van der Waals surface area (Å²) in [5.74, 6) is 0.450. The van der Waals surface area contributed by atoms with Gasteiger partial charge in [-0.1, -0.05) is 74.5 Å². The molecule has 26 heavy (non-hydrogen) atoms. The standard InChI is InChI=1S/C24H27NO/c1-18(2)17-25-24(26)15-14-21-13-12-20-10-6-7-11-22(20)23(21)16-19-8-4-3-5-9-19/h3-11,14-15,18H,12-13,16-17H2,1-2H3,(H,25,26)/b15-14+. The van der Waals surface area contributed by atoms with Crippen LogP contribution < -0.4 is 5.32 Å². The zero-order valence-electron chi connectivity index (χ0n) is 15.7. The minimum Gasteiger partial charge on any atom is -0.352 e. The number of fused-ring (bicyclic) bond motifs is 1. The van der Waals surface area contributed by atoms with Crippen LogP contribution in [0.1, 0.15) is 37.0 Å². The van der Waals surface area contributed by atoms with Gasteiger partial charge in [-0.3, -0.25) is 4.79 Å². The number of benzene rings is 2. The maximum absolute atomic E-state index is 12.1. The molecule has 0 saturated heterocycles.